The average molecular weight is 358 g/mol. The molecule has 1 fully saturated rings. The summed E-state index contributed by atoms with van der Waals surface area (Å²) in [5.74, 6) is 0.445. The number of ether oxygens (including phenoxy) is 2. The Bertz CT molecular complexity index is 585. The molecule has 2 rings (SSSR count). The van der Waals surface area contributed by atoms with E-state index in [2.05, 4.69) is 0 Å². The van der Waals surface area contributed by atoms with Crippen LogP contribution >= 0.6 is 0 Å². The van der Waals surface area contributed by atoms with Gasteiger partial charge in [-0.25, -0.2) is 4.79 Å². The van der Waals surface area contributed by atoms with Crippen LogP contribution in [-0.2, 0) is 19.1 Å². The lowest BCUT2D eigenvalue weighted by Gasteiger charge is -2.28. The molecule has 0 amide bonds. The van der Waals surface area contributed by atoms with Gasteiger partial charge in [0.25, 0.3) is 0 Å². The lowest BCUT2D eigenvalue weighted by Crippen LogP contribution is -2.24. The lowest BCUT2D eigenvalue weighted by molar-refractivity contribution is -0.150. The topological polar surface area (TPSA) is 52.6 Å². The van der Waals surface area contributed by atoms with Gasteiger partial charge in [0, 0.05) is 6.08 Å². The third-order valence-electron chi connectivity index (χ3n) is 5.12. The summed E-state index contributed by atoms with van der Waals surface area (Å²) in [6, 6.07) is 9.70. The van der Waals surface area contributed by atoms with E-state index in [1.165, 1.54) is 6.08 Å². The van der Waals surface area contributed by atoms with Crippen molar-refractivity contribution < 1.29 is 19.1 Å². The molecule has 0 bridgehead atoms. The smallest absolute Gasteiger partial charge is 0.330 e. The van der Waals surface area contributed by atoms with Gasteiger partial charge in [0.1, 0.15) is 0 Å². The van der Waals surface area contributed by atoms with Gasteiger partial charge in [0.15, 0.2) is 0 Å². The first-order valence-electron chi connectivity index (χ1n) is 9.65. The zero-order valence-electron chi connectivity index (χ0n) is 15.9. The summed E-state index contributed by atoms with van der Waals surface area (Å²) in [5.41, 5.74) is 0.983. The molecule has 1 aliphatic carbocycles. The van der Waals surface area contributed by atoms with Crippen molar-refractivity contribution in [3.63, 3.8) is 0 Å². The molecule has 4 heteroatoms. The van der Waals surface area contributed by atoms with Gasteiger partial charge in [-0.05, 0) is 55.6 Å². The van der Waals surface area contributed by atoms with Gasteiger partial charge in [-0.1, -0.05) is 44.2 Å². The van der Waals surface area contributed by atoms with Crippen molar-refractivity contribution in [2.75, 3.05) is 13.2 Å². The molecule has 4 nitrogen and oxygen atoms in total. The minimum absolute atomic E-state index is 0.0188. The summed E-state index contributed by atoms with van der Waals surface area (Å²) >= 11 is 0. The third kappa shape index (κ3) is 7.03. The number of carbonyl (C=O) groups excluding carboxylic acids is 2. The zero-order valence-corrected chi connectivity index (χ0v) is 15.9. The summed E-state index contributed by atoms with van der Waals surface area (Å²) in [7, 11) is 0. The van der Waals surface area contributed by atoms with Crippen molar-refractivity contribution in [2.24, 2.45) is 17.8 Å². The van der Waals surface area contributed by atoms with E-state index in [0.717, 1.165) is 37.7 Å². The van der Waals surface area contributed by atoms with Gasteiger partial charge >= 0.3 is 11.9 Å². The predicted molar refractivity (Wildman–Crippen MR) is 102 cm³/mol. The molecule has 26 heavy (non-hydrogen) atoms. The number of esters is 2. The molecule has 0 heterocycles. The van der Waals surface area contributed by atoms with Crippen molar-refractivity contribution in [3.05, 3.63) is 42.0 Å². The summed E-state index contributed by atoms with van der Waals surface area (Å²) in [4.78, 5) is 23.6. The highest BCUT2D eigenvalue weighted by Crippen LogP contribution is 2.29. The fourth-order valence-corrected chi connectivity index (χ4v) is 3.05. The Morgan fingerprint density at radius 1 is 1.04 bits per heavy atom. The summed E-state index contributed by atoms with van der Waals surface area (Å²) in [6.07, 6.45) is 8.14. The van der Waals surface area contributed by atoms with Crippen LogP contribution in [0.4, 0.5) is 0 Å². The van der Waals surface area contributed by atoms with Gasteiger partial charge in [0.05, 0.1) is 19.1 Å². The first-order chi connectivity index (χ1) is 12.6. The summed E-state index contributed by atoms with van der Waals surface area (Å²) in [5, 5.41) is 0. The molecule has 0 aromatic heterocycles. The Labute approximate surface area is 156 Å². The molecule has 0 radical (unpaired) electrons. The highest BCUT2D eigenvalue weighted by molar-refractivity contribution is 5.87. The van der Waals surface area contributed by atoms with Crippen LogP contribution < -0.4 is 0 Å². The van der Waals surface area contributed by atoms with Crippen molar-refractivity contribution >= 4 is 18.0 Å². The van der Waals surface area contributed by atoms with Gasteiger partial charge in [-0.3, -0.25) is 4.79 Å². The molecule has 142 valence electrons. The van der Waals surface area contributed by atoms with Gasteiger partial charge in [0.2, 0.25) is 0 Å². The number of benzene rings is 1. The largest absolute Gasteiger partial charge is 0.465 e. The Morgan fingerprint density at radius 2 is 1.62 bits per heavy atom. The fraction of sp³-hybridized carbons (Fsp3) is 0.545. The first-order valence-corrected chi connectivity index (χ1v) is 9.65. The molecule has 0 saturated heterocycles. The van der Waals surface area contributed by atoms with Gasteiger partial charge < -0.3 is 9.47 Å². The van der Waals surface area contributed by atoms with Crippen LogP contribution in [0.15, 0.2) is 36.4 Å². The normalized spacial score (nSPS) is 21.3. The number of hydrogen-bond donors (Lipinski definition) is 0. The second-order valence-corrected chi connectivity index (χ2v) is 7.20. The standard InChI is InChI=1S/C22H30O4/c1-3-17(2)22(24)26-16-20-11-9-19(10-12-20)15-25-21(23)14-13-18-7-5-4-6-8-18/h4-8,13-14,17,19-20H,3,9-12,15-16H2,1-2H3/b14-13+. The molecule has 1 saturated carbocycles. The molecular weight excluding hydrogens is 328 g/mol. The van der Waals surface area contributed by atoms with Crippen molar-refractivity contribution in [3.8, 4) is 0 Å². The van der Waals surface area contributed by atoms with E-state index in [1.54, 1.807) is 6.08 Å². The zero-order chi connectivity index (χ0) is 18.8. The molecule has 0 N–H and O–H groups in total. The molecule has 1 unspecified atom stereocenters. The maximum atomic E-state index is 11.8. The number of hydrogen-bond acceptors (Lipinski definition) is 4. The van der Waals surface area contributed by atoms with Crippen LogP contribution in [0.2, 0.25) is 0 Å². The van der Waals surface area contributed by atoms with Crippen LogP contribution in [-0.4, -0.2) is 25.2 Å². The lowest BCUT2D eigenvalue weighted by atomic mass is 9.83. The highest BCUT2D eigenvalue weighted by Gasteiger charge is 2.23. The number of carbonyl (C=O) groups is 2. The summed E-state index contributed by atoms with van der Waals surface area (Å²) < 4.78 is 10.8. The van der Waals surface area contributed by atoms with Crippen LogP contribution in [0.5, 0.6) is 0 Å². The molecule has 0 aliphatic heterocycles. The second kappa shape index (κ2) is 10.8. The first kappa shape index (κ1) is 20.2. The Morgan fingerprint density at radius 3 is 2.19 bits per heavy atom. The molecule has 1 aromatic carbocycles. The van der Waals surface area contributed by atoms with E-state index in [4.69, 9.17) is 9.47 Å². The molecule has 1 atom stereocenters. The van der Waals surface area contributed by atoms with Gasteiger partial charge in [-0.15, -0.1) is 0 Å². The maximum Gasteiger partial charge on any atom is 0.330 e. The van der Waals surface area contributed by atoms with Crippen molar-refractivity contribution in [2.45, 2.75) is 46.0 Å². The Balaban J connectivity index is 1.62. The fourth-order valence-electron chi connectivity index (χ4n) is 3.05. The monoisotopic (exact) mass is 358 g/mol. The van der Waals surface area contributed by atoms with Crippen molar-refractivity contribution in [1.82, 2.24) is 0 Å². The maximum absolute atomic E-state index is 11.8. The minimum atomic E-state index is -0.293. The summed E-state index contributed by atoms with van der Waals surface area (Å²) in [6.45, 7) is 4.89. The third-order valence-corrected chi connectivity index (χ3v) is 5.12. The van der Waals surface area contributed by atoms with Crippen LogP contribution in [0.25, 0.3) is 6.08 Å². The van der Waals surface area contributed by atoms with E-state index in [1.807, 2.05) is 44.2 Å². The van der Waals surface area contributed by atoms with E-state index in [9.17, 15) is 9.59 Å². The predicted octanol–water partition coefficient (Wildman–Crippen LogP) is 4.64. The van der Waals surface area contributed by atoms with Crippen molar-refractivity contribution in [1.29, 1.82) is 0 Å². The highest BCUT2D eigenvalue weighted by atomic mass is 16.5. The molecular formula is C22H30O4. The number of rotatable bonds is 8. The average Bonchev–Trinajstić information content (AvgIpc) is 2.69. The quantitative estimate of drug-likeness (QED) is 0.502. The van der Waals surface area contributed by atoms with E-state index < -0.39 is 0 Å². The minimum Gasteiger partial charge on any atom is -0.465 e. The van der Waals surface area contributed by atoms with Crippen LogP contribution in [0, 0.1) is 17.8 Å². The Kier molecular flexibility index (Phi) is 8.39. The van der Waals surface area contributed by atoms with Crippen LogP contribution in [0.1, 0.15) is 51.5 Å². The van der Waals surface area contributed by atoms with Gasteiger partial charge in [-0.2, -0.15) is 0 Å². The van der Waals surface area contributed by atoms with E-state index in [-0.39, 0.29) is 17.9 Å². The van der Waals surface area contributed by atoms with E-state index >= 15 is 0 Å². The Hall–Kier alpha value is -2.10. The molecule has 1 aliphatic rings. The SMILES string of the molecule is CCC(C)C(=O)OCC1CCC(COC(=O)/C=C/c2ccccc2)CC1. The second-order valence-electron chi connectivity index (χ2n) is 7.20. The van der Waals surface area contributed by atoms with Crippen LogP contribution in [0.3, 0.4) is 0 Å². The molecule has 0 spiro atoms. The van der Waals surface area contributed by atoms with E-state index in [0.29, 0.717) is 25.0 Å². The molecule has 1 aromatic rings.